The van der Waals surface area contributed by atoms with E-state index in [9.17, 15) is 4.79 Å². The second kappa shape index (κ2) is 7.67. The maximum Gasteiger partial charge on any atom is 0.407 e. The minimum atomic E-state index is -0.419. The van der Waals surface area contributed by atoms with Crippen LogP contribution >= 0.6 is 0 Å². The van der Waals surface area contributed by atoms with Crippen molar-refractivity contribution < 1.29 is 9.53 Å². The average molecular weight is 310 g/mol. The maximum absolute atomic E-state index is 11.8. The molecule has 2 saturated carbocycles. The zero-order valence-electron chi connectivity index (χ0n) is 14.8. The Hall–Kier alpha value is -0.770. The van der Waals surface area contributed by atoms with Crippen molar-refractivity contribution in [3.05, 3.63) is 0 Å². The van der Waals surface area contributed by atoms with Gasteiger partial charge in [0.1, 0.15) is 5.60 Å². The third-order valence-electron chi connectivity index (χ3n) is 5.11. The van der Waals surface area contributed by atoms with Crippen molar-refractivity contribution in [2.24, 2.45) is 11.8 Å². The average Bonchev–Trinajstić information content (AvgIpc) is 2.83. The Kier molecular flexibility index (Phi) is 6.13. The van der Waals surface area contributed by atoms with Gasteiger partial charge in [-0.1, -0.05) is 26.2 Å². The van der Waals surface area contributed by atoms with E-state index in [1.807, 2.05) is 20.8 Å². The van der Waals surface area contributed by atoms with Crippen LogP contribution in [0.4, 0.5) is 4.79 Å². The van der Waals surface area contributed by atoms with E-state index in [2.05, 4.69) is 17.6 Å². The largest absolute Gasteiger partial charge is 0.444 e. The smallest absolute Gasteiger partial charge is 0.407 e. The molecule has 4 heteroatoms. The maximum atomic E-state index is 11.8. The SMILES string of the molecule is CC1CCCCC1CNC1CCC(NC(=O)OC(C)(C)C)C1. The molecule has 4 atom stereocenters. The van der Waals surface area contributed by atoms with E-state index in [0.29, 0.717) is 6.04 Å². The van der Waals surface area contributed by atoms with Crippen LogP contribution < -0.4 is 10.6 Å². The van der Waals surface area contributed by atoms with Gasteiger partial charge in [-0.05, 0) is 64.8 Å². The molecule has 0 heterocycles. The summed E-state index contributed by atoms with van der Waals surface area (Å²) in [5.41, 5.74) is -0.419. The molecule has 0 aromatic heterocycles. The lowest BCUT2D eigenvalue weighted by Gasteiger charge is -2.30. The quantitative estimate of drug-likeness (QED) is 0.829. The van der Waals surface area contributed by atoms with Crippen LogP contribution in [-0.4, -0.2) is 30.3 Å². The van der Waals surface area contributed by atoms with Gasteiger partial charge in [-0.2, -0.15) is 0 Å². The molecule has 2 rings (SSSR count). The van der Waals surface area contributed by atoms with Crippen molar-refractivity contribution in [1.29, 1.82) is 0 Å². The summed E-state index contributed by atoms with van der Waals surface area (Å²) in [6.07, 6.45) is 8.52. The van der Waals surface area contributed by atoms with Gasteiger partial charge in [0.15, 0.2) is 0 Å². The van der Waals surface area contributed by atoms with Gasteiger partial charge in [0.25, 0.3) is 0 Å². The fraction of sp³-hybridized carbons (Fsp3) is 0.944. The van der Waals surface area contributed by atoms with Gasteiger partial charge in [0.2, 0.25) is 0 Å². The van der Waals surface area contributed by atoms with E-state index in [0.717, 1.165) is 37.6 Å². The molecule has 22 heavy (non-hydrogen) atoms. The highest BCUT2D eigenvalue weighted by molar-refractivity contribution is 5.68. The van der Waals surface area contributed by atoms with Gasteiger partial charge < -0.3 is 15.4 Å². The summed E-state index contributed by atoms with van der Waals surface area (Å²) < 4.78 is 5.33. The number of alkyl carbamates (subject to hydrolysis) is 1. The van der Waals surface area contributed by atoms with Crippen LogP contribution in [0, 0.1) is 11.8 Å². The fourth-order valence-corrected chi connectivity index (χ4v) is 3.79. The normalized spacial score (nSPS) is 32.7. The van der Waals surface area contributed by atoms with Gasteiger partial charge in [-0.15, -0.1) is 0 Å². The predicted molar refractivity (Wildman–Crippen MR) is 89.9 cm³/mol. The summed E-state index contributed by atoms with van der Waals surface area (Å²) in [5, 5.41) is 6.75. The van der Waals surface area contributed by atoms with Crippen molar-refractivity contribution >= 4 is 6.09 Å². The highest BCUT2D eigenvalue weighted by atomic mass is 16.6. The van der Waals surface area contributed by atoms with Crippen LogP contribution in [0.15, 0.2) is 0 Å². The molecule has 0 spiro atoms. The van der Waals surface area contributed by atoms with E-state index >= 15 is 0 Å². The summed E-state index contributed by atoms with van der Waals surface area (Å²) in [6, 6.07) is 0.810. The number of ether oxygens (including phenoxy) is 1. The summed E-state index contributed by atoms with van der Waals surface area (Å²) >= 11 is 0. The van der Waals surface area contributed by atoms with Crippen LogP contribution in [0.5, 0.6) is 0 Å². The second-order valence-corrected chi connectivity index (χ2v) is 8.28. The Morgan fingerprint density at radius 1 is 1.09 bits per heavy atom. The van der Waals surface area contributed by atoms with Crippen molar-refractivity contribution in [2.45, 2.75) is 90.3 Å². The third-order valence-corrected chi connectivity index (χ3v) is 5.11. The summed E-state index contributed by atoms with van der Waals surface area (Å²) in [5.74, 6) is 1.70. The van der Waals surface area contributed by atoms with E-state index in [1.165, 1.54) is 25.7 Å². The first kappa shape index (κ1) is 17.6. The molecule has 0 bridgehead atoms. The molecule has 1 amide bonds. The molecule has 128 valence electrons. The second-order valence-electron chi connectivity index (χ2n) is 8.28. The molecule has 2 aliphatic carbocycles. The van der Waals surface area contributed by atoms with Crippen LogP contribution in [0.25, 0.3) is 0 Å². The number of rotatable bonds is 4. The summed E-state index contributed by atoms with van der Waals surface area (Å²) in [6.45, 7) is 9.24. The number of nitrogens with one attached hydrogen (secondary N) is 2. The molecule has 2 aliphatic rings. The lowest BCUT2D eigenvalue weighted by molar-refractivity contribution is 0.0505. The zero-order chi connectivity index (χ0) is 16.2. The molecule has 0 aliphatic heterocycles. The molecule has 2 N–H and O–H groups in total. The molecule has 0 radical (unpaired) electrons. The van der Waals surface area contributed by atoms with Gasteiger partial charge in [-0.3, -0.25) is 0 Å². The molecule has 0 saturated heterocycles. The lowest BCUT2D eigenvalue weighted by Crippen LogP contribution is -2.40. The number of carbonyl (C=O) groups is 1. The van der Waals surface area contributed by atoms with Crippen LogP contribution in [0.3, 0.4) is 0 Å². The van der Waals surface area contributed by atoms with Crippen LogP contribution in [0.2, 0.25) is 0 Å². The van der Waals surface area contributed by atoms with E-state index < -0.39 is 5.60 Å². The highest BCUT2D eigenvalue weighted by Gasteiger charge is 2.29. The fourth-order valence-electron chi connectivity index (χ4n) is 3.79. The van der Waals surface area contributed by atoms with Crippen LogP contribution in [0.1, 0.15) is 72.6 Å². The topological polar surface area (TPSA) is 50.4 Å². The Balaban J connectivity index is 1.66. The monoisotopic (exact) mass is 310 g/mol. The molecule has 4 nitrogen and oxygen atoms in total. The highest BCUT2D eigenvalue weighted by Crippen LogP contribution is 2.29. The number of hydrogen-bond acceptors (Lipinski definition) is 3. The van der Waals surface area contributed by atoms with E-state index in [1.54, 1.807) is 0 Å². The molecule has 4 unspecified atom stereocenters. The van der Waals surface area contributed by atoms with Crippen molar-refractivity contribution in [3.63, 3.8) is 0 Å². The van der Waals surface area contributed by atoms with Crippen molar-refractivity contribution in [3.8, 4) is 0 Å². The Morgan fingerprint density at radius 3 is 2.45 bits per heavy atom. The van der Waals surface area contributed by atoms with E-state index in [-0.39, 0.29) is 12.1 Å². The van der Waals surface area contributed by atoms with E-state index in [4.69, 9.17) is 4.74 Å². The first-order chi connectivity index (χ1) is 10.3. The first-order valence-corrected chi connectivity index (χ1v) is 9.06. The Morgan fingerprint density at radius 2 is 1.77 bits per heavy atom. The standard InChI is InChI=1S/C18H34N2O2/c1-13-7-5-6-8-14(13)12-19-15-9-10-16(11-15)20-17(21)22-18(2,3)4/h13-16,19H,5-12H2,1-4H3,(H,20,21). The first-order valence-electron chi connectivity index (χ1n) is 9.06. The molecular weight excluding hydrogens is 276 g/mol. The molecule has 2 fully saturated rings. The van der Waals surface area contributed by atoms with Gasteiger partial charge in [0, 0.05) is 12.1 Å². The summed E-state index contributed by atoms with van der Waals surface area (Å²) in [7, 11) is 0. The molecule has 0 aromatic carbocycles. The number of hydrogen-bond donors (Lipinski definition) is 2. The Bertz CT molecular complexity index is 365. The minimum absolute atomic E-state index is 0.260. The molecular formula is C18H34N2O2. The summed E-state index contributed by atoms with van der Waals surface area (Å²) in [4.78, 5) is 11.8. The third kappa shape index (κ3) is 5.79. The minimum Gasteiger partial charge on any atom is -0.444 e. The Labute approximate surface area is 135 Å². The lowest BCUT2D eigenvalue weighted by atomic mass is 9.80. The van der Waals surface area contributed by atoms with Gasteiger partial charge in [0.05, 0.1) is 0 Å². The van der Waals surface area contributed by atoms with Crippen molar-refractivity contribution in [1.82, 2.24) is 10.6 Å². The number of amides is 1. The molecule has 0 aromatic rings. The van der Waals surface area contributed by atoms with Crippen molar-refractivity contribution in [2.75, 3.05) is 6.54 Å². The van der Waals surface area contributed by atoms with Crippen LogP contribution in [-0.2, 0) is 4.74 Å². The zero-order valence-corrected chi connectivity index (χ0v) is 14.8. The number of carbonyl (C=O) groups excluding carboxylic acids is 1. The predicted octanol–water partition coefficient (Wildman–Crippen LogP) is 3.85. The van der Waals surface area contributed by atoms with Gasteiger partial charge in [-0.25, -0.2) is 4.79 Å². The van der Waals surface area contributed by atoms with Gasteiger partial charge >= 0.3 is 6.09 Å².